The fraction of sp³-hybridized carbons (Fsp3) is 0.400. The lowest BCUT2D eigenvalue weighted by Gasteiger charge is -2.15. The van der Waals surface area contributed by atoms with Crippen molar-refractivity contribution in [3.63, 3.8) is 0 Å². The predicted molar refractivity (Wildman–Crippen MR) is 92.7 cm³/mol. The Labute approximate surface area is 133 Å². The minimum Gasteiger partial charge on any atom is -0.485 e. The van der Waals surface area contributed by atoms with E-state index in [2.05, 4.69) is 58.9 Å². The van der Waals surface area contributed by atoms with Crippen molar-refractivity contribution in [1.29, 1.82) is 0 Å². The van der Waals surface area contributed by atoms with Crippen LogP contribution in [0.1, 0.15) is 59.3 Å². The van der Waals surface area contributed by atoms with Crippen molar-refractivity contribution in [3.05, 3.63) is 57.6 Å². The maximum absolute atomic E-state index is 6.26. The van der Waals surface area contributed by atoms with Gasteiger partial charge in [-0.1, -0.05) is 38.1 Å². The monoisotopic (exact) mass is 295 g/mol. The number of ether oxygens (including phenoxy) is 1. The van der Waals surface area contributed by atoms with Crippen LogP contribution in [0.4, 0.5) is 5.69 Å². The molecule has 0 amide bonds. The summed E-state index contributed by atoms with van der Waals surface area (Å²) in [6, 6.07) is 8.83. The molecule has 0 radical (unpaired) electrons. The first-order valence-corrected chi connectivity index (χ1v) is 8.04. The summed E-state index contributed by atoms with van der Waals surface area (Å²) < 4.78 is 6.26. The zero-order valence-corrected chi connectivity index (χ0v) is 14.2. The van der Waals surface area contributed by atoms with E-state index in [-0.39, 0.29) is 6.10 Å². The van der Waals surface area contributed by atoms with Crippen LogP contribution in [-0.2, 0) is 6.42 Å². The minimum absolute atomic E-state index is 0.106. The Morgan fingerprint density at radius 1 is 1.00 bits per heavy atom. The molecule has 0 fully saturated rings. The molecule has 0 saturated heterocycles. The fourth-order valence-electron chi connectivity index (χ4n) is 3.28. The number of nitrogens with two attached hydrogens (primary N) is 1. The summed E-state index contributed by atoms with van der Waals surface area (Å²) in [7, 11) is 0. The SMILES string of the molecule is Cc1c(C)c2c(c(C)c1N)OC(c1ccc(C(C)C)cc1)C2. The van der Waals surface area contributed by atoms with E-state index in [1.807, 2.05) is 0 Å². The smallest absolute Gasteiger partial charge is 0.128 e. The van der Waals surface area contributed by atoms with Gasteiger partial charge in [0.1, 0.15) is 11.9 Å². The van der Waals surface area contributed by atoms with Crippen LogP contribution < -0.4 is 10.5 Å². The van der Waals surface area contributed by atoms with Gasteiger partial charge in [-0.05, 0) is 48.9 Å². The topological polar surface area (TPSA) is 35.2 Å². The molecule has 22 heavy (non-hydrogen) atoms. The molecule has 2 aromatic carbocycles. The van der Waals surface area contributed by atoms with Gasteiger partial charge in [-0.2, -0.15) is 0 Å². The van der Waals surface area contributed by atoms with Crippen molar-refractivity contribution in [3.8, 4) is 5.75 Å². The third kappa shape index (κ3) is 2.27. The van der Waals surface area contributed by atoms with Crippen LogP contribution in [0.2, 0.25) is 0 Å². The van der Waals surface area contributed by atoms with E-state index >= 15 is 0 Å². The van der Waals surface area contributed by atoms with Crippen LogP contribution in [0.25, 0.3) is 0 Å². The Morgan fingerprint density at radius 3 is 2.23 bits per heavy atom. The molecule has 2 heteroatoms. The highest BCUT2D eigenvalue weighted by atomic mass is 16.5. The number of nitrogen functional groups attached to an aromatic ring is 1. The van der Waals surface area contributed by atoms with Crippen LogP contribution >= 0.6 is 0 Å². The van der Waals surface area contributed by atoms with Gasteiger partial charge in [0, 0.05) is 23.2 Å². The van der Waals surface area contributed by atoms with Gasteiger partial charge >= 0.3 is 0 Å². The standard InChI is InChI=1S/C20H25NO/c1-11(2)15-6-8-16(9-7-15)18-10-17-12(3)13(4)19(21)14(5)20(17)22-18/h6-9,11,18H,10,21H2,1-5H3. The van der Waals surface area contributed by atoms with Crippen LogP contribution in [0, 0.1) is 20.8 Å². The summed E-state index contributed by atoms with van der Waals surface area (Å²) in [5.41, 5.74) is 14.6. The number of hydrogen-bond acceptors (Lipinski definition) is 2. The van der Waals surface area contributed by atoms with Gasteiger partial charge in [-0.25, -0.2) is 0 Å². The maximum atomic E-state index is 6.26. The molecular formula is C20H25NO. The van der Waals surface area contributed by atoms with Crippen LogP contribution in [0.5, 0.6) is 5.75 Å². The van der Waals surface area contributed by atoms with Gasteiger partial charge in [-0.3, -0.25) is 0 Å². The third-order valence-electron chi connectivity index (χ3n) is 5.06. The highest BCUT2D eigenvalue weighted by Gasteiger charge is 2.29. The van der Waals surface area contributed by atoms with Crippen LogP contribution in [0.3, 0.4) is 0 Å². The van der Waals surface area contributed by atoms with E-state index in [9.17, 15) is 0 Å². The second-order valence-corrected chi connectivity index (χ2v) is 6.73. The third-order valence-corrected chi connectivity index (χ3v) is 5.06. The normalized spacial score (nSPS) is 16.7. The van der Waals surface area contributed by atoms with Crippen molar-refractivity contribution < 1.29 is 4.74 Å². The number of fused-ring (bicyclic) bond motifs is 1. The molecule has 1 aliphatic rings. The van der Waals surface area contributed by atoms with Crippen molar-refractivity contribution in [2.45, 2.75) is 53.1 Å². The van der Waals surface area contributed by atoms with Gasteiger partial charge in [0.2, 0.25) is 0 Å². The molecule has 3 rings (SSSR count). The average Bonchev–Trinajstić information content (AvgIpc) is 2.96. The van der Waals surface area contributed by atoms with Gasteiger partial charge in [0.15, 0.2) is 0 Å². The van der Waals surface area contributed by atoms with Gasteiger partial charge in [0.05, 0.1) is 0 Å². The molecule has 1 unspecified atom stereocenters. The molecule has 0 bridgehead atoms. The van der Waals surface area contributed by atoms with E-state index < -0.39 is 0 Å². The van der Waals surface area contributed by atoms with Gasteiger partial charge in [-0.15, -0.1) is 0 Å². The number of benzene rings is 2. The lowest BCUT2D eigenvalue weighted by Crippen LogP contribution is -2.03. The van der Waals surface area contributed by atoms with Gasteiger partial charge < -0.3 is 10.5 Å². The molecule has 1 atom stereocenters. The second-order valence-electron chi connectivity index (χ2n) is 6.73. The average molecular weight is 295 g/mol. The highest BCUT2D eigenvalue weighted by Crippen LogP contribution is 2.44. The zero-order valence-electron chi connectivity index (χ0n) is 14.2. The molecule has 0 aromatic heterocycles. The lowest BCUT2D eigenvalue weighted by molar-refractivity contribution is 0.237. The zero-order chi connectivity index (χ0) is 16.0. The summed E-state index contributed by atoms with van der Waals surface area (Å²) in [6.45, 7) is 10.7. The van der Waals surface area contributed by atoms with E-state index in [1.54, 1.807) is 0 Å². The Balaban J connectivity index is 1.94. The molecule has 116 valence electrons. The van der Waals surface area contributed by atoms with E-state index in [4.69, 9.17) is 10.5 Å². The highest BCUT2D eigenvalue weighted by molar-refractivity contribution is 5.66. The molecule has 0 saturated carbocycles. The fourth-order valence-corrected chi connectivity index (χ4v) is 3.28. The molecule has 2 nitrogen and oxygen atoms in total. The van der Waals surface area contributed by atoms with Crippen molar-refractivity contribution in [2.75, 3.05) is 5.73 Å². The molecule has 0 spiro atoms. The Bertz CT molecular complexity index is 677. The van der Waals surface area contributed by atoms with Crippen LogP contribution in [0.15, 0.2) is 24.3 Å². The molecule has 1 aliphatic heterocycles. The molecule has 2 N–H and O–H groups in total. The van der Waals surface area contributed by atoms with Crippen LogP contribution in [-0.4, -0.2) is 0 Å². The Morgan fingerprint density at radius 2 is 1.64 bits per heavy atom. The molecular weight excluding hydrogens is 270 g/mol. The molecule has 1 heterocycles. The van der Waals surface area contributed by atoms with Crippen molar-refractivity contribution in [2.24, 2.45) is 0 Å². The summed E-state index contributed by atoms with van der Waals surface area (Å²) >= 11 is 0. The second kappa shape index (κ2) is 5.35. The summed E-state index contributed by atoms with van der Waals surface area (Å²) in [5, 5.41) is 0. The lowest BCUT2D eigenvalue weighted by atomic mass is 9.93. The number of rotatable bonds is 2. The van der Waals surface area contributed by atoms with E-state index in [1.165, 1.54) is 27.8 Å². The number of anilines is 1. The molecule has 2 aromatic rings. The van der Waals surface area contributed by atoms with Crippen molar-refractivity contribution in [1.82, 2.24) is 0 Å². The predicted octanol–water partition coefficient (Wildman–Crippen LogP) is 4.99. The largest absolute Gasteiger partial charge is 0.485 e. The van der Waals surface area contributed by atoms with E-state index in [0.717, 1.165) is 23.4 Å². The van der Waals surface area contributed by atoms with E-state index in [0.29, 0.717) is 5.92 Å². The molecule has 0 aliphatic carbocycles. The summed E-state index contributed by atoms with van der Waals surface area (Å²) in [5.74, 6) is 1.56. The maximum Gasteiger partial charge on any atom is 0.128 e. The minimum atomic E-state index is 0.106. The van der Waals surface area contributed by atoms with Crippen molar-refractivity contribution >= 4 is 5.69 Å². The first kappa shape index (κ1) is 15.0. The Hall–Kier alpha value is -1.96. The summed E-state index contributed by atoms with van der Waals surface area (Å²) in [4.78, 5) is 0. The first-order chi connectivity index (χ1) is 10.4. The number of hydrogen-bond donors (Lipinski definition) is 1. The first-order valence-electron chi connectivity index (χ1n) is 8.04. The van der Waals surface area contributed by atoms with Gasteiger partial charge in [0.25, 0.3) is 0 Å². The summed E-state index contributed by atoms with van der Waals surface area (Å²) in [6.07, 6.45) is 1.04. The Kier molecular flexibility index (Phi) is 3.64. The quantitative estimate of drug-likeness (QED) is 0.792.